The molecular weight excluding hydrogens is 236 g/mol. The molecule has 2 aromatic rings. The third-order valence-corrected chi connectivity index (χ3v) is 3.51. The first-order valence-electron chi connectivity index (χ1n) is 6.26. The molecule has 3 rings (SSSR count). The maximum Gasteiger partial charge on any atom is 0.146 e. The molecule has 0 aliphatic carbocycles. The van der Waals surface area contributed by atoms with Crippen molar-refractivity contribution in [3.8, 4) is 6.07 Å². The minimum atomic E-state index is 0.620. The molecule has 0 unspecified atom stereocenters. The number of nitriles is 1. The van der Waals surface area contributed by atoms with Gasteiger partial charge in [0.15, 0.2) is 0 Å². The van der Waals surface area contributed by atoms with Gasteiger partial charge in [-0.1, -0.05) is 12.1 Å². The molecule has 2 N–H and O–H groups in total. The summed E-state index contributed by atoms with van der Waals surface area (Å²) in [5.74, 6) is 0.762. The van der Waals surface area contributed by atoms with Crippen LogP contribution < -0.4 is 10.6 Å². The molecule has 1 aliphatic heterocycles. The fourth-order valence-electron chi connectivity index (χ4n) is 2.56. The Labute approximate surface area is 112 Å². The number of hydrogen-bond acceptors (Lipinski definition) is 4. The Morgan fingerprint density at radius 3 is 3.00 bits per heavy atom. The fourth-order valence-corrected chi connectivity index (χ4v) is 2.56. The summed E-state index contributed by atoms with van der Waals surface area (Å²) in [5, 5.41) is 9.15. The van der Waals surface area contributed by atoms with Gasteiger partial charge >= 0.3 is 0 Å². The summed E-state index contributed by atoms with van der Waals surface area (Å²) >= 11 is 0. The third kappa shape index (κ3) is 2.00. The van der Waals surface area contributed by atoms with Crippen molar-refractivity contribution < 1.29 is 0 Å². The largest absolute Gasteiger partial charge is 0.398 e. The van der Waals surface area contributed by atoms with Crippen molar-refractivity contribution in [2.24, 2.45) is 0 Å². The fraction of sp³-hybridized carbons (Fsp3) is 0.200. The molecule has 0 saturated heterocycles. The van der Waals surface area contributed by atoms with Crippen LogP contribution >= 0.6 is 0 Å². The van der Waals surface area contributed by atoms with Crippen molar-refractivity contribution in [3.05, 3.63) is 53.2 Å². The van der Waals surface area contributed by atoms with Crippen molar-refractivity contribution in [1.29, 1.82) is 5.26 Å². The van der Waals surface area contributed by atoms with Crippen molar-refractivity contribution >= 4 is 11.5 Å². The van der Waals surface area contributed by atoms with Gasteiger partial charge in [-0.3, -0.25) is 0 Å². The SMILES string of the molecule is N#Cc1cccnc1N1CCc2c(N)cccc2C1. The minimum Gasteiger partial charge on any atom is -0.398 e. The van der Waals surface area contributed by atoms with E-state index in [4.69, 9.17) is 11.0 Å². The van der Waals surface area contributed by atoms with E-state index in [1.165, 1.54) is 11.1 Å². The van der Waals surface area contributed by atoms with Crippen LogP contribution in [0.3, 0.4) is 0 Å². The van der Waals surface area contributed by atoms with Gasteiger partial charge in [0.25, 0.3) is 0 Å². The summed E-state index contributed by atoms with van der Waals surface area (Å²) in [4.78, 5) is 6.48. The van der Waals surface area contributed by atoms with E-state index < -0.39 is 0 Å². The van der Waals surface area contributed by atoms with E-state index in [2.05, 4.69) is 22.0 Å². The summed E-state index contributed by atoms with van der Waals surface area (Å²) in [6.07, 6.45) is 2.62. The summed E-state index contributed by atoms with van der Waals surface area (Å²) in [5.41, 5.74) is 9.93. The Balaban J connectivity index is 1.96. The Hall–Kier alpha value is -2.54. The number of anilines is 2. The lowest BCUT2D eigenvalue weighted by atomic mass is 9.98. The topological polar surface area (TPSA) is 65.9 Å². The lowest BCUT2D eigenvalue weighted by molar-refractivity contribution is 0.721. The van der Waals surface area contributed by atoms with Gasteiger partial charge in [-0.2, -0.15) is 5.26 Å². The molecule has 0 amide bonds. The standard InChI is InChI=1S/C15H14N4/c16-9-11-4-2-7-18-15(11)19-8-6-13-12(10-19)3-1-5-14(13)17/h1-5,7H,6,8,10,17H2. The molecule has 0 radical (unpaired) electrons. The molecule has 4 heteroatoms. The smallest absolute Gasteiger partial charge is 0.146 e. The predicted octanol–water partition coefficient (Wildman–Crippen LogP) is 2.10. The summed E-state index contributed by atoms with van der Waals surface area (Å²) in [6.45, 7) is 1.60. The zero-order chi connectivity index (χ0) is 13.2. The first kappa shape index (κ1) is 11.5. The molecule has 1 aromatic heterocycles. The molecule has 19 heavy (non-hydrogen) atoms. The van der Waals surface area contributed by atoms with E-state index in [0.29, 0.717) is 5.56 Å². The van der Waals surface area contributed by atoms with Crippen molar-refractivity contribution in [2.75, 3.05) is 17.2 Å². The van der Waals surface area contributed by atoms with Crippen molar-refractivity contribution in [2.45, 2.75) is 13.0 Å². The number of aromatic nitrogens is 1. The monoisotopic (exact) mass is 250 g/mol. The number of nitrogens with zero attached hydrogens (tertiary/aromatic N) is 3. The van der Waals surface area contributed by atoms with Crippen LogP contribution in [0.1, 0.15) is 16.7 Å². The van der Waals surface area contributed by atoms with Crippen LogP contribution in [0, 0.1) is 11.3 Å². The van der Waals surface area contributed by atoms with Gasteiger partial charge in [-0.15, -0.1) is 0 Å². The van der Waals surface area contributed by atoms with Gasteiger partial charge in [-0.05, 0) is 35.7 Å². The Morgan fingerprint density at radius 1 is 1.26 bits per heavy atom. The van der Waals surface area contributed by atoms with Crippen LogP contribution in [0.25, 0.3) is 0 Å². The lowest BCUT2D eigenvalue weighted by Crippen LogP contribution is -2.32. The van der Waals surface area contributed by atoms with Crippen LogP contribution in [0.4, 0.5) is 11.5 Å². The number of fused-ring (bicyclic) bond motifs is 1. The molecule has 4 nitrogen and oxygen atoms in total. The second-order valence-corrected chi connectivity index (χ2v) is 4.64. The highest BCUT2D eigenvalue weighted by Gasteiger charge is 2.20. The zero-order valence-corrected chi connectivity index (χ0v) is 10.5. The van der Waals surface area contributed by atoms with Gasteiger partial charge in [0, 0.05) is 25.0 Å². The molecule has 0 saturated carbocycles. The third-order valence-electron chi connectivity index (χ3n) is 3.51. The first-order valence-corrected chi connectivity index (χ1v) is 6.26. The van der Waals surface area contributed by atoms with E-state index in [-0.39, 0.29) is 0 Å². The van der Waals surface area contributed by atoms with Gasteiger partial charge in [0.1, 0.15) is 11.9 Å². The maximum absolute atomic E-state index is 9.15. The number of pyridine rings is 1. The summed E-state index contributed by atoms with van der Waals surface area (Å²) < 4.78 is 0. The molecule has 2 heterocycles. The average Bonchev–Trinajstić information content (AvgIpc) is 2.47. The molecule has 0 atom stereocenters. The van der Waals surface area contributed by atoms with Gasteiger partial charge in [0.2, 0.25) is 0 Å². The van der Waals surface area contributed by atoms with Crippen molar-refractivity contribution in [3.63, 3.8) is 0 Å². The molecule has 0 fully saturated rings. The highest BCUT2D eigenvalue weighted by atomic mass is 15.2. The molecule has 1 aliphatic rings. The maximum atomic E-state index is 9.15. The highest BCUT2D eigenvalue weighted by molar-refractivity contribution is 5.58. The molecule has 1 aromatic carbocycles. The first-order chi connectivity index (χ1) is 9.29. The van der Waals surface area contributed by atoms with Gasteiger partial charge in [-0.25, -0.2) is 4.98 Å². The Bertz CT molecular complexity index is 657. The molecule has 0 bridgehead atoms. The second kappa shape index (κ2) is 4.62. The lowest BCUT2D eigenvalue weighted by Gasteiger charge is -2.30. The van der Waals surface area contributed by atoms with Crippen LogP contribution in [-0.2, 0) is 13.0 Å². The normalized spacial score (nSPS) is 13.7. The number of nitrogens with two attached hydrogens (primary N) is 1. The number of benzene rings is 1. The van der Waals surface area contributed by atoms with E-state index in [1.54, 1.807) is 18.3 Å². The van der Waals surface area contributed by atoms with Crippen LogP contribution in [0.5, 0.6) is 0 Å². The highest BCUT2D eigenvalue weighted by Crippen LogP contribution is 2.28. The van der Waals surface area contributed by atoms with Gasteiger partial charge < -0.3 is 10.6 Å². The predicted molar refractivity (Wildman–Crippen MR) is 74.6 cm³/mol. The number of hydrogen-bond donors (Lipinski definition) is 1. The van der Waals surface area contributed by atoms with E-state index in [9.17, 15) is 0 Å². The minimum absolute atomic E-state index is 0.620. The summed E-state index contributed by atoms with van der Waals surface area (Å²) in [6, 6.07) is 11.8. The van der Waals surface area contributed by atoms with Crippen LogP contribution in [0.15, 0.2) is 36.5 Å². The number of rotatable bonds is 1. The van der Waals surface area contributed by atoms with Gasteiger partial charge in [0.05, 0.1) is 5.56 Å². The van der Waals surface area contributed by atoms with Crippen LogP contribution in [-0.4, -0.2) is 11.5 Å². The summed E-state index contributed by atoms with van der Waals surface area (Å²) in [7, 11) is 0. The second-order valence-electron chi connectivity index (χ2n) is 4.64. The Kier molecular flexibility index (Phi) is 2.81. The van der Waals surface area contributed by atoms with Crippen LogP contribution in [0.2, 0.25) is 0 Å². The Morgan fingerprint density at radius 2 is 2.16 bits per heavy atom. The molecular formula is C15H14N4. The van der Waals surface area contributed by atoms with E-state index >= 15 is 0 Å². The van der Waals surface area contributed by atoms with Crippen molar-refractivity contribution in [1.82, 2.24) is 4.98 Å². The molecule has 94 valence electrons. The zero-order valence-electron chi connectivity index (χ0n) is 10.5. The number of nitrogen functional groups attached to an aromatic ring is 1. The van der Waals surface area contributed by atoms with E-state index in [0.717, 1.165) is 31.0 Å². The quantitative estimate of drug-likeness (QED) is 0.787. The average molecular weight is 250 g/mol. The van der Waals surface area contributed by atoms with E-state index in [1.807, 2.05) is 12.1 Å². The molecule has 0 spiro atoms.